The SMILES string of the molecule is COc1cccc(CN2CCCC2(C)C)c1OC[C@@H](O)CN1CCOCC1. The Kier molecular flexibility index (Phi) is 6.98. The number of rotatable bonds is 8. The highest BCUT2D eigenvalue weighted by Crippen LogP contribution is 2.36. The number of morpholine rings is 1. The molecule has 0 aliphatic carbocycles. The summed E-state index contributed by atoms with van der Waals surface area (Å²) < 4.78 is 17.0. The molecule has 2 heterocycles. The van der Waals surface area contributed by atoms with Crippen molar-refractivity contribution in [3.63, 3.8) is 0 Å². The van der Waals surface area contributed by atoms with E-state index in [-0.39, 0.29) is 12.1 Å². The molecule has 27 heavy (non-hydrogen) atoms. The number of β-amino-alcohol motifs (C(OH)–C–C–N with tert-alkyl or cyclic N) is 1. The number of ether oxygens (including phenoxy) is 3. The Morgan fingerprint density at radius 2 is 2.00 bits per heavy atom. The molecule has 0 radical (unpaired) electrons. The van der Waals surface area contributed by atoms with Crippen molar-refractivity contribution in [1.29, 1.82) is 0 Å². The Labute approximate surface area is 163 Å². The van der Waals surface area contributed by atoms with Gasteiger partial charge >= 0.3 is 0 Å². The molecule has 0 amide bonds. The molecular weight excluding hydrogens is 344 g/mol. The number of aliphatic hydroxyl groups excluding tert-OH is 1. The Bertz CT molecular complexity index is 602. The van der Waals surface area contributed by atoms with E-state index in [0.29, 0.717) is 6.54 Å². The molecule has 2 fully saturated rings. The summed E-state index contributed by atoms with van der Waals surface area (Å²) in [6.45, 7) is 10.6. The maximum absolute atomic E-state index is 10.4. The van der Waals surface area contributed by atoms with Gasteiger partial charge in [0.25, 0.3) is 0 Å². The van der Waals surface area contributed by atoms with Gasteiger partial charge in [0.1, 0.15) is 12.7 Å². The van der Waals surface area contributed by atoms with Gasteiger partial charge in [-0.15, -0.1) is 0 Å². The van der Waals surface area contributed by atoms with Crippen LogP contribution in [0.5, 0.6) is 11.5 Å². The van der Waals surface area contributed by atoms with Crippen LogP contribution in [0.15, 0.2) is 18.2 Å². The summed E-state index contributed by atoms with van der Waals surface area (Å²) in [5.41, 5.74) is 1.32. The Balaban J connectivity index is 1.64. The van der Waals surface area contributed by atoms with Crippen LogP contribution in [0.4, 0.5) is 0 Å². The van der Waals surface area contributed by atoms with Gasteiger partial charge in [-0.25, -0.2) is 0 Å². The summed E-state index contributed by atoms with van der Waals surface area (Å²) in [5, 5.41) is 10.4. The highest BCUT2D eigenvalue weighted by molar-refractivity contribution is 5.46. The predicted octanol–water partition coefficient (Wildman–Crippen LogP) is 2.14. The van der Waals surface area contributed by atoms with E-state index >= 15 is 0 Å². The third-order valence-corrected chi connectivity index (χ3v) is 5.71. The van der Waals surface area contributed by atoms with Crippen LogP contribution in [0.2, 0.25) is 0 Å². The van der Waals surface area contributed by atoms with E-state index in [1.165, 1.54) is 12.8 Å². The number of para-hydroxylation sites is 1. The van der Waals surface area contributed by atoms with Crippen LogP contribution >= 0.6 is 0 Å². The molecule has 1 atom stereocenters. The topological polar surface area (TPSA) is 54.4 Å². The lowest BCUT2D eigenvalue weighted by molar-refractivity contribution is 0.00426. The largest absolute Gasteiger partial charge is 0.493 e. The number of benzene rings is 1. The molecule has 1 aromatic carbocycles. The second-order valence-electron chi connectivity index (χ2n) is 8.16. The summed E-state index contributed by atoms with van der Waals surface area (Å²) in [7, 11) is 1.66. The molecule has 0 saturated carbocycles. The molecule has 6 nitrogen and oxygen atoms in total. The minimum atomic E-state index is -0.538. The summed E-state index contributed by atoms with van der Waals surface area (Å²) in [4.78, 5) is 4.71. The van der Waals surface area contributed by atoms with Gasteiger partial charge in [0.05, 0.1) is 20.3 Å². The van der Waals surface area contributed by atoms with Crippen LogP contribution in [-0.4, -0.2) is 79.7 Å². The lowest BCUT2D eigenvalue weighted by Gasteiger charge is -2.32. The molecule has 2 saturated heterocycles. The fourth-order valence-electron chi connectivity index (χ4n) is 3.99. The fourth-order valence-corrected chi connectivity index (χ4v) is 3.99. The molecule has 1 N–H and O–H groups in total. The fraction of sp³-hybridized carbons (Fsp3) is 0.714. The predicted molar refractivity (Wildman–Crippen MR) is 105 cm³/mol. The van der Waals surface area contributed by atoms with E-state index < -0.39 is 6.10 Å². The first-order valence-corrected chi connectivity index (χ1v) is 10.0. The van der Waals surface area contributed by atoms with Crippen molar-refractivity contribution in [2.24, 2.45) is 0 Å². The van der Waals surface area contributed by atoms with Crippen LogP contribution in [0.3, 0.4) is 0 Å². The number of aliphatic hydroxyl groups is 1. The second kappa shape index (κ2) is 9.24. The van der Waals surface area contributed by atoms with Crippen LogP contribution in [-0.2, 0) is 11.3 Å². The monoisotopic (exact) mass is 378 g/mol. The lowest BCUT2D eigenvalue weighted by atomic mass is 10.0. The van der Waals surface area contributed by atoms with Gasteiger partial charge in [0.2, 0.25) is 0 Å². The minimum absolute atomic E-state index is 0.205. The van der Waals surface area contributed by atoms with Gasteiger partial charge in [-0.3, -0.25) is 9.80 Å². The second-order valence-corrected chi connectivity index (χ2v) is 8.16. The van der Waals surface area contributed by atoms with E-state index in [0.717, 1.165) is 56.5 Å². The Hall–Kier alpha value is -1.34. The van der Waals surface area contributed by atoms with Crippen LogP contribution in [0.25, 0.3) is 0 Å². The first kappa shape index (κ1) is 20.4. The molecule has 0 aromatic heterocycles. The first-order chi connectivity index (χ1) is 13.0. The zero-order valence-electron chi connectivity index (χ0n) is 16.9. The lowest BCUT2D eigenvalue weighted by Crippen LogP contribution is -2.42. The number of hydrogen-bond donors (Lipinski definition) is 1. The molecule has 0 bridgehead atoms. The molecule has 0 unspecified atom stereocenters. The quantitative estimate of drug-likeness (QED) is 0.748. The van der Waals surface area contributed by atoms with Crippen LogP contribution < -0.4 is 9.47 Å². The molecule has 152 valence electrons. The first-order valence-electron chi connectivity index (χ1n) is 10.0. The van der Waals surface area contributed by atoms with Crippen molar-refractivity contribution >= 4 is 0 Å². The zero-order chi connectivity index (χ0) is 19.3. The maximum Gasteiger partial charge on any atom is 0.165 e. The van der Waals surface area contributed by atoms with Gasteiger partial charge < -0.3 is 19.3 Å². The third-order valence-electron chi connectivity index (χ3n) is 5.71. The average molecular weight is 379 g/mol. The van der Waals surface area contributed by atoms with Gasteiger partial charge in [-0.05, 0) is 39.3 Å². The third kappa shape index (κ3) is 5.35. The highest BCUT2D eigenvalue weighted by atomic mass is 16.5. The summed E-state index contributed by atoms with van der Waals surface area (Å²) in [6.07, 6.45) is 1.90. The van der Waals surface area contributed by atoms with Gasteiger partial charge in [0, 0.05) is 37.3 Å². The molecule has 3 rings (SSSR count). The van der Waals surface area contributed by atoms with Gasteiger partial charge in [0.15, 0.2) is 11.5 Å². The number of likely N-dealkylation sites (tertiary alicyclic amines) is 1. The Morgan fingerprint density at radius 1 is 1.22 bits per heavy atom. The standard InChI is InChI=1S/C21H34N2O4/c1-21(2)8-5-9-23(21)14-17-6-4-7-19(25-3)20(17)27-16-18(24)15-22-10-12-26-13-11-22/h4,6-7,18,24H,5,8-16H2,1-3H3/t18-/m0/s1. The molecule has 6 heteroatoms. The van der Waals surface area contributed by atoms with Crippen molar-refractivity contribution in [2.45, 2.75) is 44.9 Å². The molecule has 1 aromatic rings. The van der Waals surface area contributed by atoms with Crippen molar-refractivity contribution < 1.29 is 19.3 Å². The van der Waals surface area contributed by atoms with E-state index in [2.05, 4.69) is 29.7 Å². The van der Waals surface area contributed by atoms with Crippen molar-refractivity contribution in [3.8, 4) is 11.5 Å². The maximum atomic E-state index is 10.4. The normalized spacial score (nSPS) is 21.9. The van der Waals surface area contributed by atoms with Crippen LogP contribution in [0, 0.1) is 0 Å². The summed E-state index contributed by atoms with van der Waals surface area (Å²) >= 11 is 0. The number of methoxy groups -OCH3 is 1. The molecule has 0 spiro atoms. The van der Waals surface area contributed by atoms with E-state index in [4.69, 9.17) is 14.2 Å². The summed E-state index contributed by atoms with van der Waals surface area (Å²) in [6, 6.07) is 6.02. The molecule has 2 aliphatic rings. The highest BCUT2D eigenvalue weighted by Gasteiger charge is 2.32. The average Bonchev–Trinajstić information content (AvgIpc) is 2.99. The zero-order valence-corrected chi connectivity index (χ0v) is 16.9. The van der Waals surface area contributed by atoms with Crippen LogP contribution in [0.1, 0.15) is 32.3 Å². The number of hydrogen-bond acceptors (Lipinski definition) is 6. The van der Waals surface area contributed by atoms with Gasteiger partial charge in [-0.2, -0.15) is 0 Å². The molecule has 2 aliphatic heterocycles. The summed E-state index contributed by atoms with van der Waals surface area (Å²) in [5.74, 6) is 1.48. The van der Waals surface area contributed by atoms with E-state index in [9.17, 15) is 5.11 Å². The van der Waals surface area contributed by atoms with Crippen molar-refractivity contribution in [3.05, 3.63) is 23.8 Å². The smallest absolute Gasteiger partial charge is 0.165 e. The van der Waals surface area contributed by atoms with E-state index in [1.54, 1.807) is 7.11 Å². The van der Waals surface area contributed by atoms with E-state index in [1.807, 2.05) is 12.1 Å². The van der Waals surface area contributed by atoms with Crippen molar-refractivity contribution in [2.75, 3.05) is 53.1 Å². The minimum Gasteiger partial charge on any atom is -0.493 e. The Morgan fingerprint density at radius 3 is 2.67 bits per heavy atom. The van der Waals surface area contributed by atoms with Gasteiger partial charge in [-0.1, -0.05) is 12.1 Å². The molecular formula is C21H34N2O4. The number of nitrogens with zero attached hydrogens (tertiary/aromatic N) is 2. The van der Waals surface area contributed by atoms with Crippen molar-refractivity contribution in [1.82, 2.24) is 9.80 Å².